The topological polar surface area (TPSA) is 145 Å². The molecular formula is C66H123N3O9S3. The van der Waals surface area contributed by atoms with Gasteiger partial charge in [0, 0.05) is 19.3 Å². The summed E-state index contributed by atoms with van der Waals surface area (Å²) in [4.78, 5) is 79.0. The van der Waals surface area contributed by atoms with E-state index in [1.165, 1.54) is 231 Å². The third-order valence-electron chi connectivity index (χ3n) is 15.3. The molecule has 1 heterocycles. The minimum absolute atomic E-state index is 0.223. The van der Waals surface area contributed by atoms with E-state index in [-0.39, 0.29) is 58.7 Å². The maximum absolute atomic E-state index is 13.7. The lowest BCUT2D eigenvalue weighted by molar-refractivity contribution is -0.144. The summed E-state index contributed by atoms with van der Waals surface area (Å²) in [5.74, 6) is 5.17. The first-order chi connectivity index (χ1) is 39.8. The van der Waals surface area contributed by atoms with Crippen molar-refractivity contribution in [2.75, 3.05) is 54.3 Å². The van der Waals surface area contributed by atoms with Gasteiger partial charge in [-0.1, -0.05) is 233 Å². The van der Waals surface area contributed by atoms with E-state index in [0.29, 0.717) is 19.3 Å². The predicted molar refractivity (Wildman–Crippen MR) is 349 cm³/mol. The molecule has 0 fully saturated rings. The van der Waals surface area contributed by atoms with Crippen LogP contribution in [0.1, 0.15) is 310 Å². The number of ether oxygens (including phenoxy) is 3. The van der Waals surface area contributed by atoms with Crippen molar-refractivity contribution in [3.8, 4) is 0 Å². The summed E-state index contributed by atoms with van der Waals surface area (Å²) < 4.78 is 19.0. The van der Waals surface area contributed by atoms with Gasteiger partial charge in [0.05, 0.1) is 19.6 Å². The first-order valence-electron chi connectivity index (χ1n) is 33.9. The molecule has 1 aromatic heterocycles. The Morgan fingerprint density at radius 3 is 0.642 bits per heavy atom. The number of hydrogen-bond acceptors (Lipinski definition) is 12. The molecule has 474 valence electrons. The fourth-order valence-corrected chi connectivity index (χ4v) is 13.1. The lowest BCUT2D eigenvalue weighted by Gasteiger charge is -2.14. The molecule has 1 rings (SSSR count). The van der Waals surface area contributed by atoms with Gasteiger partial charge in [0.2, 0.25) is 0 Å². The number of hydrogen-bond donors (Lipinski definition) is 0. The Hall–Kier alpha value is -2.13. The van der Waals surface area contributed by atoms with Gasteiger partial charge >= 0.3 is 35.0 Å². The molecule has 0 saturated heterocycles. The SMILES string of the molecule is CCCCCCCCCCCCCCSCCCCC(=O)OCCn1c(=O)n(CCOC(=O)CCCCSCCCCCCCCCCCCCC)c(=O)n(CCOC(=O)CCCCSCCCCCCCCCCCCCC)c1=O. The highest BCUT2D eigenvalue weighted by Crippen LogP contribution is 2.18. The molecule has 0 radical (unpaired) electrons. The minimum atomic E-state index is -0.877. The highest BCUT2D eigenvalue weighted by molar-refractivity contribution is 7.99. The van der Waals surface area contributed by atoms with Gasteiger partial charge in [-0.15, -0.1) is 0 Å². The standard InChI is InChI=1S/C66H123N3O9S3/c1-4-7-10-13-16-19-22-25-28-31-34-40-55-79-58-43-37-46-61(70)76-52-49-67-64(73)68(50-53-77-62(71)47-38-44-59-80-56-41-35-32-29-26-23-20-17-14-11-8-5-2)66(75)69(65(67)74)51-54-78-63(72)48-39-45-60-81-57-42-36-33-30-27-24-21-18-15-12-9-6-3/h4-60H2,1-3H3. The molecule has 0 aliphatic rings. The number of thioether (sulfide) groups is 3. The van der Waals surface area contributed by atoms with E-state index in [1.54, 1.807) is 0 Å². The number of carbonyl (C=O) groups excluding carboxylic acids is 3. The van der Waals surface area contributed by atoms with E-state index >= 15 is 0 Å². The van der Waals surface area contributed by atoms with Crippen LogP contribution in [0, 0.1) is 0 Å². The summed E-state index contributed by atoms with van der Waals surface area (Å²) >= 11 is 5.80. The van der Waals surface area contributed by atoms with E-state index in [9.17, 15) is 28.8 Å². The molecule has 0 saturated carbocycles. The van der Waals surface area contributed by atoms with Crippen LogP contribution in [0.2, 0.25) is 0 Å². The molecular weight excluding hydrogens is 1070 g/mol. The lowest BCUT2D eigenvalue weighted by atomic mass is 10.1. The van der Waals surface area contributed by atoms with Crippen molar-refractivity contribution >= 4 is 53.2 Å². The highest BCUT2D eigenvalue weighted by Gasteiger charge is 2.18. The molecule has 0 aliphatic carbocycles. The van der Waals surface area contributed by atoms with E-state index in [4.69, 9.17) is 14.2 Å². The van der Waals surface area contributed by atoms with Crippen LogP contribution < -0.4 is 17.1 Å². The lowest BCUT2D eigenvalue weighted by Crippen LogP contribution is -2.55. The van der Waals surface area contributed by atoms with E-state index in [0.717, 1.165) is 67.5 Å². The van der Waals surface area contributed by atoms with E-state index in [1.807, 2.05) is 35.3 Å². The molecule has 0 aliphatic heterocycles. The summed E-state index contributed by atoms with van der Waals surface area (Å²) in [5.41, 5.74) is -2.63. The molecule has 0 N–H and O–H groups in total. The number of carbonyl (C=O) groups is 3. The molecule has 0 unspecified atom stereocenters. The molecule has 0 spiro atoms. The van der Waals surface area contributed by atoms with Crippen molar-refractivity contribution in [3.05, 3.63) is 31.5 Å². The third kappa shape index (κ3) is 47.8. The summed E-state index contributed by atoms with van der Waals surface area (Å²) in [6.45, 7) is 5.35. The Morgan fingerprint density at radius 1 is 0.272 bits per heavy atom. The first kappa shape index (κ1) is 76.9. The van der Waals surface area contributed by atoms with Crippen LogP contribution in [0.5, 0.6) is 0 Å². The van der Waals surface area contributed by atoms with Crippen molar-refractivity contribution in [2.24, 2.45) is 0 Å². The number of aromatic nitrogens is 3. The Balaban J connectivity index is 2.53. The first-order valence-corrected chi connectivity index (χ1v) is 37.4. The smallest absolute Gasteiger partial charge is 0.336 e. The van der Waals surface area contributed by atoms with Crippen LogP contribution in [0.15, 0.2) is 14.4 Å². The summed E-state index contributed by atoms with van der Waals surface area (Å²) in [6.07, 6.45) is 53.8. The molecule has 0 amide bonds. The molecule has 12 nitrogen and oxygen atoms in total. The normalized spacial score (nSPS) is 11.4. The van der Waals surface area contributed by atoms with Crippen LogP contribution in [0.3, 0.4) is 0 Å². The van der Waals surface area contributed by atoms with Crippen molar-refractivity contribution < 1.29 is 28.6 Å². The average Bonchev–Trinajstić information content (AvgIpc) is 3.46. The number of nitrogens with zero attached hydrogens (tertiary/aromatic N) is 3. The fraction of sp³-hybridized carbons (Fsp3) is 0.909. The zero-order valence-corrected chi connectivity index (χ0v) is 55.0. The van der Waals surface area contributed by atoms with Gasteiger partial charge in [0.25, 0.3) is 0 Å². The van der Waals surface area contributed by atoms with Gasteiger partial charge in [-0.25, -0.2) is 28.1 Å². The average molecular weight is 1200 g/mol. The summed E-state index contributed by atoms with van der Waals surface area (Å²) in [6, 6.07) is 0. The molecule has 81 heavy (non-hydrogen) atoms. The van der Waals surface area contributed by atoms with E-state index < -0.39 is 35.0 Å². The van der Waals surface area contributed by atoms with Gasteiger partial charge in [-0.2, -0.15) is 35.3 Å². The summed E-state index contributed by atoms with van der Waals surface area (Å²) in [7, 11) is 0. The van der Waals surface area contributed by atoms with Gasteiger partial charge in [0.15, 0.2) is 0 Å². The second kappa shape index (κ2) is 59.6. The second-order valence-corrected chi connectivity index (χ2v) is 26.5. The molecule has 15 heteroatoms. The Morgan fingerprint density at radius 2 is 0.444 bits per heavy atom. The third-order valence-corrected chi connectivity index (χ3v) is 18.8. The van der Waals surface area contributed by atoms with Gasteiger partial charge in [-0.3, -0.25) is 14.4 Å². The van der Waals surface area contributed by atoms with Gasteiger partial charge < -0.3 is 14.2 Å². The van der Waals surface area contributed by atoms with Crippen LogP contribution in [0.25, 0.3) is 0 Å². The predicted octanol–water partition coefficient (Wildman–Crippen LogP) is 17.6. The quantitative estimate of drug-likeness (QED) is 0.0348. The van der Waals surface area contributed by atoms with Crippen molar-refractivity contribution in [2.45, 2.75) is 329 Å². The molecule has 0 atom stereocenters. The van der Waals surface area contributed by atoms with Crippen LogP contribution in [-0.4, -0.2) is 85.9 Å². The zero-order chi connectivity index (χ0) is 58.7. The second-order valence-electron chi connectivity index (χ2n) is 22.8. The molecule has 0 aromatic carbocycles. The summed E-state index contributed by atoms with van der Waals surface area (Å²) in [5, 5.41) is 0. The fourth-order valence-electron chi connectivity index (χ4n) is 10.1. The Kier molecular flexibility index (Phi) is 56.6. The van der Waals surface area contributed by atoms with Gasteiger partial charge in [-0.05, 0) is 92.3 Å². The van der Waals surface area contributed by atoms with Crippen molar-refractivity contribution in [1.82, 2.24) is 13.7 Å². The monoisotopic (exact) mass is 1200 g/mol. The maximum atomic E-state index is 13.7. The Labute approximate surface area is 507 Å². The largest absolute Gasteiger partial charge is 0.464 e. The van der Waals surface area contributed by atoms with Crippen molar-refractivity contribution in [1.29, 1.82) is 0 Å². The molecule has 1 aromatic rings. The van der Waals surface area contributed by atoms with Crippen LogP contribution >= 0.6 is 35.3 Å². The Bertz CT molecular complexity index is 1560. The van der Waals surface area contributed by atoms with E-state index in [2.05, 4.69) is 20.8 Å². The van der Waals surface area contributed by atoms with Crippen LogP contribution in [0.4, 0.5) is 0 Å². The number of unbranched alkanes of at least 4 members (excludes halogenated alkanes) is 36. The number of esters is 3. The molecule has 0 bridgehead atoms. The highest BCUT2D eigenvalue weighted by atomic mass is 32.2. The van der Waals surface area contributed by atoms with Crippen LogP contribution in [-0.2, 0) is 48.2 Å². The number of rotatable bonds is 63. The van der Waals surface area contributed by atoms with Crippen molar-refractivity contribution in [3.63, 3.8) is 0 Å². The zero-order valence-electron chi connectivity index (χ0n) is 52.5. The minimum Gasteiger partial charge on any atom is -0.464 e. The maximum Gasteiger partial charge on any atom is 0.336 e. The van der Waals surface area contributed by atoms with Gasteiger partial charge in [0.1, 0.15) is 19.8 Å².